The highest BCUT2D eigenvalue weighted by Gasteiger charge is 2.09. The van der Waals surface area contributed by atoms with Gasteiger partial charge in [0.15, 0.2) is 0 Å². The standard InChI is InChI=1S/C12H17N3/c1-11(9-15-8-7-13-10-15)14-12-5-3-2-4-6-12/h2-6,10-11,14H,7-9H2,1H3. The zero-order valence-corrected chi connectivity index (χ0v) is 9.06. The van der Waals surface area contributed by atoms with Crippen molar-refractivity contribution in [2.75, 3.05) is 25.0 Å². The lowest BCUT2D eigenvalue weighted by Crippen LogP contribution is -2.33. The van der Waals surface area contributed by atoms with E-state index in [0.717, 1.165) is 19.6 Å². The molecule has 1 N–H and O–H groups in total. The molecule has 0 spiro atoms. The van der Waals surface area contributed by atoms with Crippen molar-refractivity contribution in [1.29, 1.82) is 0 Å². The number of nitrogens with one attached hydrogen (secondary N) is 1. The average Bonchev–Trinajstić information content (AvgIpc) is 2.71. The second-order valence-corrected chi connectivity index (χ2v) is 3.93. The van der Waals surface area contributed by atoms with E-state index in [9.17, 15) is 0 Å². The monoisotopic (exact) mass is 203 g/mol. The van der Waals surface area contributed by atoms with Crippen LogP contribution in [0.1, 0.15) is 6.92 Å². The van der Waals surface area contributed by atoms with Crippen molar-refractivity contribution in [2.45, 2.75) is 13.0 Å². The molecule has 3 heteroatoms. The first-order chi connectivity index (χ1) is 7.34. The van der Waals surface area contributed by atoms with Gasteiger partial charge in [0.1, 0.15) is 0 Å². The molecule has 0 bridgehead atoms. The molecule has 0 amide bonds. The number of benzene rings is 1. The van der Waals surface area contributed by atoms with Crippen LogP contribution in [0.3, 0.4) is 0 Å². The maximum Gasteiger partial charge on any atom is 0.0851 e. The van der Waals surface area contributed by atoms with E-state index in [0.29, 0.717) is 6.04 Å². The molecule has 2 rings (SSSR count). The Morgan fingerprint density at radius 3 is 2.87 bits per heavy atom. The van der Waals surface area contributed by atoms with Crippen LogP contribution in [0.25, 0.3) is 0 Å². The van der Waals surface area contributed by atoms with Crippen molar-refractivity contribution in [2.24, 2.45) is 4.99 Å². The summed E-state index contributed by atoms with van der Waals surface area (Å²) in [4.78, 5) is 6.45. The molecule has 0 saturated carbocycles. The molecule has 15 heavy (non-hydrogen) atoms. The molecule has 80 valence electrons. The normalized spacial score (nSPS) is 16.7. The summed E-state index contributed by atoms with van der Waals surface area (Å²) in [6, 6.07) is 10.8. The Hall–Kier alpha value is -1.51. The highest BCUT2D eigenvalue weighted by atomic mass is 15.2. The minimum atomic E-state index is 0.442. The van der Waals surface area contributed by atoms with Crippen LogP contribution in [-0.4, -0.2) is 36.9 Å². The maximum atomic E-state index is 4.20. The van der Waals surface area contributed by atoms with Crippen molar-refractivity contribution in [3.8, 4) is 0 Å². The van der Waals surface area contributed by atoms with Crippen molar-refractivity contribution < 1.29 is 0 Å². The minimum Gasteiger partial charge on any atom is -0.381 e. The molecule has 0 saturated heterocycles. The largest absolute Gasteiger partial charge is 0.381 e. The van der Waals surface area contributed by atoms with Crippen molar-refractivity contribution >= 4 is 12.0 Å². The van der Waals surface area contributed by atoms with E-state index in [1.54, 1.807) is 0 Å². The number of para-hydroxylation sites is 1. The lowest BCUT2D eigenvalue weighted by atomic mass is 10.2. The lowest BCUT2D eigenvalue weighted by molar-refractivity contribution is 0.446. The van der Waals surface area contributed by atoms with Crippen LogP contribution in [-0.2, 0) is 0 Å². The second kappa shape index (κ2) is 4.82. The molecule has 1 atom stereocenters. The van der Waals surface area contributed by atoms with Gasteiger partial charge < -0.3 is 10.2 Å². The SMILES string of the molecule is CC(CN1C=NCC1)Nc1ccccc1. The molecule has 0 aliphatic carbocycles. The Kier molecular flexibility index (Phi) is 3.22. The number of nitrogens with zero attached hydrogens (tertiary/aromatic N) is 2. The van der Waals surface area contributed by atoms with Gasteiger partial charge in [0.25, 0.3) is 0 Å². The Morgan fingerprint density at radius 2 is 2.20 bits per heavy atom. The number of anilines is 1. The zero-order valence-electron chi connectivity index (χ0n) is 9.06. The molecule has 0 radical (unpaired) electrons. The van der Waals surface area contributed by atoms with Crippen molar-refractivity contribution in [3.05, 3.63) is 30.3 Å². The van der Waals surface area contributed by atoms with Gasteiger partial charge in [-0.25, -0.2) is 0 Å². The van der Waals surface area contributed by atoms with Crippen LogP contribution >= 0.6 is 0 Å². The van der Waals surface area contributed by atoms with Crippen molar-refractivity contribution in [3.63, 3.8) is 0 Å². The lowest BCUT2D eigenvalue weighted by Gasteiger charge is -2.21. The van der Waals surface area contributed by atoms with Gasteiger partial charge in [0.2, 0.25) is 0 Å². The Labute approximate surface area is 90.8 Å². The number of aliphatic imine (C=N–C) groups is 1. The predicted molar refractivity (Wildman–Crippen MR) is 64.5 cm³/mol. The van der Waals surface area contributed by atoms with Gasteiger partial charge in [0, 0.05) is 24.8 Å². The molecular weight excluding hydrogens is 186 g/mol. The van der Waals surface area contributed by atoms with Crippen LogP contribution in [0.15, 0.2) is 35.3 Å². The van der Waals surface area contributed by atoms with Crippen LogP contribution in [0.5, 0.6) is 0 Å². The first-order valence-corrected chi connectivity index (χ1v) is 5.40. The Bertz CT molecular complexity index is 321. The third kappa shape index (κ3) is 2.98. The molecule has 1 aromatic rings. The number of hydrogen-bond donors (Lipinski definition) is 1. The van der Waals surface area contributed by atoms with Crippen LogP contribution in [0.2, 0.25) is 0 Å². The molecule has 3 nitrogen and oxygen atoms in total. The summed E-state index contributed by atoms with van der Waals surface area (Å²) < 4.78 is 0. The third-order valence-corrected chi connectivity index (χ3v) is 2.46. The molecule has 1 heterocycles. The first-order valence-electron chi connectivity index (χ1n) is 5.40. The van der Waals surface area contributed by atoms with Gasteiger partial charge in [-0.15, -0.1) is 0 Å². The summed E-state index contributed by atoms with van der Waals surface area (Å²) in [6.45, 7) is 5.20. The van der Waals surface area contributed by atoms with Gasteiger partial charge in [-0.05, 0) is 19.1 Å². The maximum absolute atomic E-state index is 4.20. The molecule has 1 aromatic carbocycles. The summed E-state index contributed by atoms with van der Waals surface area (Å²) in [5, 5.41) is 3.47. The van der Waals surface area contributed by atoms with E-state index in [2.05, 4.69) is 34.3 Å². The van der Waals surface area contributed by atoms with Crippen LogP contribution < -0.4 is 5.32 Å². The molecule has 0 aromatic heterocycles. The van der Waals surface area contributed by atoms with E-state index >= 15 is 0 Å². The van der Waals surface area contributed by atoms with Gasteiger partial charge in [0.05, 0.1) is 12.9 Å². The Morgan fingerprint density at radius 1 is 1.40 bits per heavy atom. The quantitative estimate of drug-likeness (QED) is 0.808. The average molecular weight is 203 g/mol. The highest BCUT2D eigenvalue weighted by Crippen LogP contribution is 2.07. The van der Waals surface area contributed by atoms with Gasteiger partial charge in [-0.3, -0.25) is 4.99 Å². The molecule has 1 aliphatic rings. The van der Waals surface area contributed by atoms with E-state index in [1.807, 2.05) is 24.5 Å². The third-order valence-electron chi connectivity index (χ3n) is 2.46. The van der Waals surface area contributed by atoms with Crippen LogP contribution in [0, 0.1) is 0 Å². The van der Waals surface area contributed by atoms with Crippen molar-refractivity contribution in [1.82, 2.24) is 4.90 Å². The predicted octanol–water partition coefficient (Wildman–Crippen LogP) is 1.83. The smallest absolute Gasteiger partial charge is 0.0851 e. The molecular formula is C12H17N3. The highest BCUT2D eigenvalue weighted by molar-refractivity contribution is 5.57. The summed E-state index contributed by atoms with van der Waals surface area (Å²) in [6.07, 6.45) is 1.95. The van der Waals surface area contributed by atoms with Crippen LogP contribution in [0.4, 0.5) is 5.69 Å². The van der Waals surface area contributed by atoms with E-state index in [4.69, 9.17) is 0 Å². The Balaban J connectivity index is 1.82. The fourth-order valence-electron chi connectivity index (χ4n) is 1.77. The summed E-state index contributed by atoms with van der Waals surface area (Å²) in [5.41, 5.74) is 1.18. The van der Waals surface area contributed by atoms with Gasteiger partial charge >= 0.3 is 0 Å². The second-order valence-electron chi connectivity index (χ2n) is 3.93. The zero-order chi connectivity index (χ0) is 10.5. The first kappa shape index (κ1) is 10.0. The van der Waals surface area contributed by atoms with E-state index in [-0.39, 0.29) is 0 Å². The molecule has 0 fully saturated rings. The van der Waals surface area contributed by atoms with E-state index in [1.165, 1.54) is 5.69 Å². The van der Waals surface area contributed by atoms with Gasteiger partial charge in [-0.2, -0.15) is 0 Å². The number of rotatable bonds is 4. The fourth-order valence-corrected chi connectivity index (χ4v) is 1.77. The number of hydrogen-bond acceptors (Lipinski definition) is 3. The molecule has 1 unspecified atom stereocenters. The van der Waals surface area contributed by atoms with Gasteiger partial charge in [-0.1, -0.05) is 18.2 Å². The summed E-state index contributed by atoms with van der Waals surface area (Å²) in [7, 11) is 0. The van der Waals surface area contributed by atoms with E-state index < -0.39 is 0 Å². The fraction of sp³-hybridized carbons (Fsp3) is 0.417. The minimum absolute atomic E-state index is 0.442. The topological polar surface area (TPSA) is 27.6 Å². The summed E-state index contributed by atoms with van der Waals surface area (Å²) >= 11 is 0. The summed E-state index contributed by atoms with van der Waals surface area (Å²) in [5.74, 6) is 0. The molecule has 1 aliphatic heterocycles.